The van der Waals surface area contributed by atoms with E-state index in [4.69, 9.17) is 4.74 Å². The standard InChI is InChI=1S/C11H9BrN2O/c12-7-9-3-1-6-14-11(9)15-10-4-2-5-13-8-10/h1-6,8H,7H2. The number of nitrogens with zero attached hydrogens (tertiary/aromatic N) is 2. The van der Waals surface area contributed by atoms with E-state index in [0.29, 0.717) is 11.6 Å². The molecule has 0 aliphatic carbocycles. The molecule has 2 aromatic heterocycles. The summed E-state index contributed by atoms with van der Waals surface area (Å²) in [6, 6.07) is 7.52. The van der Waals surface area contributed by atoms with Gasteiger partial charge in [0.1, 0.15) is 5.75 Å². The zero-order valence-electron chi connectivity index (χ0n) is 7.93. The third-order valence-corrected chi connectivity index (χ3v) is 2.45. The molecule has 0 bridgehead atoms. The number of aromatic nitrogens is 2. The fraction of sp³-hybridized carbons (Fsp3) is 0.0909. The summed E-state index contributed by atoms with van der Waals surface area (Å²) in [5.41, 5.74) is 1.02. The lowest BCUT2D eigenvalue weighted by Crippen LogP contribution is -1.92. The van der Waals surface area contributed by atoms with Crippen molar-refractivity contribution in [2.24, 2.45) is 0 Å². The molecule has 0 spiro atoms. The molecule has 0 saturated carbocycles. The maximum Gasteiger partial charge on any atom is 0.223 e. The Kier molecular flexibility index (Phi) is 3.29. The first-order chi connectivity index (χ1) is 7.40. The van der Waals surface area contributed by atoms with Gasteiger partial charge in [-0.1, -0.05) is 22.0 Å². The van der Waals surface area contributed by atoms with Gasteiger partial charge in [-0.25, -0.2) is 4.98 Å². The van der Waals surface area contributed by atoms with Gasteiger partial charge < -0.3 is 4.74 Å². The van der Waals surface area contributed by atoms with Gasteiger partial charge in [-0.2, -0.15) is 0 Å². The molecule has 0 aromatic carbocycles. The molecule has 0 aliphatic heterocycles. The Labute approximate surface area is 96.3 Å². The number of rotatable bonds is 3. The molecular weight excluding hydrogens is 256 g/mol. The van der Waals surface area contributed by atoms with Crippen LogP contribution in [0, 0.1) is 0 Å². The van der Waals surface area contributed by atoms with Crippen LogP contribution in [0.15, 0.2) is 42.9 Å². The first-order valence-corrected chi connectivity index (χ1v) is 5.60. The third kappa shape index (κ3) is 2.53. The van der Waals surface area contributed by atoms with Crippen LogP contribution in [-0.4, -0.2) is 9.97 Å². The molecule has 76 valence electrons. The molecule has 0 unspecified atom stereocenters. The predicted molar refractivity (Wildman–Crippen MR) is 61.2 cm³/mol. The summed E-state index contributed by atoms with van der Waals surface area (Å²) in [6.07, 6.45) is 5.07. The Balaban J connectivity index is 2.24. The van der Waals surface area contributed by atoms with Gasteiger partial charge in [0.25, 0.3) is 0 Å². The smallest absolute Gasteiger partial charge is 0.223 e. The molecule has 0 atom stereocenters. The van der Waals surface area contributed by atoms with E-state index in [0.717, 1.165) is 10.9 Å². The van der Waals surface area contributed by atoms with Gasteiger partial charge >= 0.3 is 0 Å². The Morgan fingerprint density at radius 3 is 2.80 bits per heavy atom. The lowest BCUT2D eigenvalue weighted by atomic mass is 10.3. The highest BCUT2D eigenvalue weighted by Gasteiger charge is 2.03. The molecule has 0 radical (unpaired) electrons. The van der Waals surface area contributed by atoms with Crippen LogP contribution in [0.1, 0.15) is 5.56 Å². The first kappa shape index (κ1) is 10.1. The summed E-state index contributed by atoms with van der Waals surface area (Å²) in [4.78, 5) is 8.14. The highest BCUT2D eigenvalue weighted by Crippen LogP contribution is 2.23. The lowest BCUT2D eigenvalue weighted by Gasteiger charge is -2.06. The molecule has 0 N–H and O–H groups in total. The maximum atomic E-state index is 5.60. The van der Waals surface area contributed by atoms with E-state index in [-0.39, 0.29) is 0 Å². The van der Waals surface area contributed by atoms with Crippen LogP contribution in [0.2, 0.25) is 0 Å². The molecule has 3 nitrogen and oxygen atoms in total. The summed E-state index contributed by atoms with van der Waals surface area (Å²) >= 11 is 3.39. The first-order valence-electron chi connectivity index (χ1n) is 4.48. The second kappa shape index (κ2) is 4.89. The lowest BCUT2D eigenvalue weighted by molar-refractivity contribution is 0.456. The van der Waals surface area contributed by atoms with Gasteiger partial charge in [0.05, 0.1) is 6.20 Å². The molecule has 0 saturated heterocycles. The zero-order chi connectivity index (χ0) is 10.5. The van der Waals surface area contributed by atoms with Crippen molar-refractivity contribution in [3.63, 3.8) is 0 Å². The molecule has 4 heteroatoms. The summed E-state index contributed by atoms with van der Waals surface area (Å²) < 4.78 is 5.60. The number of pyridine rings is 2. The number of alkyl halides is 1. The largest absolute Gasteiger partial charge is 0.437 e. The van der Waals surface area contributed by atoms with E-state index < -0.39 is 0 Å². The van der Waals surface area contributed by atoms with Crippen LogP contribution in [0.25, 0.3) is 0 Å². The number of ether oxygens (including phenoxy) is 1. The fourth-order valence-electron chi connectivity index (χ4n) is 1.14. The summed E-state index contributed by atoms with van der Waals surface area (Å²) in [5.74, 6) is 1.31. The highest BCUT2D eigenvalue weighted by molar-refractivity contribution is 9.08. The van der Waals surface area contributed by atoms with Gasteiger partial charge in [0.15, 0.2) is 0 Å². The van der Waals surface area contributed by atoms with Crippen molar-refractivity contribution < 1.29 is 4.74 Å². The van der Waals surface area contributed by atoms with Crippen LogP contribution in [-0.2, 0) is 5.33 Å². The van der Waals surface area contributed by atoms with E-state index in [1.54, 1.807) is 18.6 Å². The average Bonchev–Trinajstić information content (AvgIpc) is 2.31. The van der Waals surface area contributed by atoms with Gasteiger partial charge in [0.2, 0.25) is 5.88 Å². The number of hydrogen-bond acceptors (Lipinski definition) is 3. The topological polar surface area (TPSA) is 35.0 Å². The van der Waals surface area contributed by atoms with Crippen molar-refractivity contribution >= 4 is 15.9 Å². The predicted octanol–water partition coefficient (Wildman–Crippen LogP) is 3.16. The summed E-state index contributed by atoms with van der Waals surface area (Å²) in [6.45, 7) is 0. The van der Waals surface area contributed by atoms with E-state index in [2.05, 4.69) is 25.9 Å². The molecule has 0 aliphatic rings. The third-order valence-electron chi connectivity index (χ3n) is 1.84. The fourth-order valence-corrected chi connectivity index (χ4v) is 1.56. The van der Waals surface area contributed by atoms with Crippen LogP contribution in [0.4, 0.5) is 0 Å². The van der Waals surface area contributed by atoms with E-state index in [1.807, 2.05) is 24.3 Å². The van der Waals surface area contributed by atoms with Crippen molar-refractivity contribution in [2.45, 2.75) is 5.33 Å². The van der Waals surface area contributed by atoms with Gasteiger partial charge in [-0.05, 0) is 18.2 Å². The van der Waals surface area contributed by atoms with Crippen LogP contribution >= 0.6 is 15.9 Å². The average molecular weight is 265 g/mol. The van der Waals surface area contributed by atoms with Gasteiger partial charge in [-0.3, -0.25) is 4.98 Å². The molecule has 15 heavy (non-hydrogen) atoms. The van der Waals surface area contributed by atoms with Crippen molar-refractivity contribution in [3.05, 3.63) is 48.4 Å². The summed E-state index contributed by atoms with van der Waals surface area (Å²) in [5, 5.41) is 0.719. The minimum Gasteiger partial charge on any atom is -0.437 e. The number of halogens is 1. The second-order valence-electron chi connectivity index (χ2n) is 2.89. The number of hydrogen-bond donors (Lipinski definition) is 0. The van der Waals surface area contributed by atoms with Gasteiger partial charge in [0, 0.05) is 23.3 Å². The zero-order valence-corrected chi connectivity index (χ0v) is 9.52. The molecule has 0 amide bonds. The normalized spacial score (nSPS) is 9.93. The molecule has 2 rings (SSSR count). The van der Waals surface area contributed by atoms with E-state index in [1.165, 1.54) is 0 Å². The minimum absolute atomic E-state index is 0.613. The van der Waals surface area contributed by atoms with Crippen LogP contribution in [0.5, 0.6) is 11.6 Å². The SMILES string of the molecule is BrCc1cccnc1Oc1cccnc1. The Morgan fingerprint density at radius 1 is 1.20 bits per heavy atom. The van der Waals surface area contributed by atoms with Crippen molar-refractivity contribution in [1.82, 2.24) is 9.97 Å². The van der Waals surface area contributed by atoms with Crippen LogP contribution in [0.3, 0.4) is 0 Å². The summed E-state index contributed by atoms with van der Waals surface area (Å²) in [7, 11) is 0. The van der Waals surface area contributed by atoms with Crippen molar-refractivity contribution in [3.8, 4) is 11.6 Å². The molecular formula is C11H9BrN2O. The van der Waals surface area contributed by atoms with E-state index >= 15 is 0 Å². The van der Waals surface area contributed by atoms with Crippen molar-refractivity contribution in [1.29, 1.82) is 0 Å². The van der Waals surface area contributed by atoms with Gasteiger partial charge in [-0.15, -0.1) is 0 Å². The minimum atomic E-state index is 0.613. The second-order valence-corrected chi connectivity index (χ2v) is 3.45. The monoisotopic (exact) mass is 264 g/mol. The Hall–Kier alpha value is -1.42. The van der Waals surface area contributed by atoms with Crippen LogP contribution < -0.4 is 4.74 Å². The molecule has 2 heterocycles. The Morgan fingerprint density at radius 2 is 2.07 bits per heavy atom. The Bertz CT molecular complexity index is 434. The van der Waals surface area contributed by atoms with Crippen molar-refractivity contribution in [2.75, 3.05) is 0 Å². The highest BCUT2D eigenvalue weighted by atomic mass is 79.9. The van der Waals surface area contributed by atoms with E-state index in [9.17, 15) is 0 Å². The molecule has 0 fully saturated rings. The quantitative estimate of drug-likeness (QED) is 0.799. The molecule has 2 aromatic rings. The maximum absolute atomic E-state index is 5.60.